The summed E-state index contributed by atoms with van der Waals surface area (Å²) in [5.74, 6) is 0.166. The van der Waals surface area contributed by atoms with Gasteiger partial charge in [0, 0.05) is 51.0 Å². The Morgan fingerprint density at radius 2 is 1.65 bits per heavy atom. The van der Waals surface area contributed by atoms with Crippen LogP contribution in [-0.4, -0.2) is 155 Å². The molecule has 0 amide bonds. The first kappa shape index (κ1) is 47.7. The predicted octanol–water partition coefficient (Wildman–Crippen LogP) is 3.49. The van der Waals surface area contributed by atoms with Gasteiger partial charge in [0.05, 0.1) is 41.5 Å². The molecule has 3 heterocycles. The van der Waals surface area contributed by atoms with Crippen LogP contribution in [0.1, 0.15) is 101 Å². The van der Waals surface area contributed by atoms with Crippen LogP contribution in [0.2, 0.25) is 0 Å². The third-order valence-electron chi connectivity index (χ3n) is 12.6. The van der Waals surface area contributed by atoms with E-state index in [0.29, 0.717) is 25.9 Å². The summed E-state index contributed by atoms with van der Waals surface area (Å²) in [7, 11) is 5.43. The van der Waals surface area contributed by atoms with Crippen molar-refractivity contribution in [2.24, 2.45) is 17.8 Å². The normalized spacial score (nSPS) is 46.2. The molecule has 4 N–H and O–H groups in total. The fourth-order valence-electron chi connectivity index (χ4n) is 9.06. The fourth-order valence-corrected chi connectivity index (χ4v) is 9.06. The van der Waals surface area contributed by atoms with E-state index in [1.807, 2.05) is 52.8 Å². The van der Waals surface area contributed by atoms with Crippen LogP contribution in [0.25, 0.3) is 0 Å². The average molecular weight is 783 g/mol. The van der Waals surface area contributed by atoms with Crippen molar-refractivity contribution < 1.29 is 53.6 Å². The Kier molecular flexibility index (Phi) is 17.2. The number of rotatable bonds is 9. The van der Waals surface area contributed by atoms with Crippen LogP contribution in [-0.2, 0) is 33.2 Å². The van der Waals surface area contributed by atoms with E-state index >= 15 is 0 Å². The number of nitrogens with zero attached hydrogens (tertiary/aromatic N) is 2. The summed E-state index contributed by atoms with van der Waals surface area (Å²) in [4.78, 5) is 18.4. The van der Waals surface area contributed by atoms with Crippen LogP contribution < -0.4 is 0 Å². The molecule has 17 atom stereocenters. The number of esters is 1. The van der Waals surface area contributed by atoms with Crippen molar-refractivity contribution in [3.63, 3.8) is 0 Å². The molecule has 0 radical (unpaired) electrons. The van der Waals surface area contributed by atoms with E-state index in [0.717, 1.165) is 6.42 Å². The van der Waals surface area contributed by atoms with E-state index < -0.39 is 89.9 Å². The number of cyclic esters (lactones) is 1. The molecular weight excluding hydrogens is 708 g/mol. The monoisotopic (exact) mass is 783 g/mol. The molecule has 3 fully saturated rings. The maximum Gasteiger partial charge on any atom is 0.311 e. The number of carbonyl (C=O) groups is 1. The highest BCUT2D eigenvalue weighted by atomic mass is 16.7. The highest BCUT2D eigenvalue weighted by molar-refractivity contribution is 5.73. The minimum Gasteiger partial charge on any atom is -0.459 e. The van der Waals surface area contributed by atoms with Crippen LogP contribution in [0.3, 0.4) is 0 Å². The van der Waals surface area contributed by atoms with Crippen molar-refractivity contribution in [2.45, 2.75) is 186 Å². The largest absolute Gasteiger partial charge is 0.459 e. The summed E-state index contributed by atoms with van der Waals surface area (Å²) in [6.07, 6.45) is 3.58. The Hall–Kier alpha value is -1.67. The molecule has 3 aliphatic heterocycles. The topological polar surface area (TPSA) is 160 Å². The van der Waals surface area contributed by atoms with E-state index in [4.69, 9.17) is 34.8 Å². The number of hydrogen-bond acceptors (Lipinski definition) is 13. The third kappa shape index (κ3) is 11.7. The molecule has 3 rings (SSSR count). The highest BCUT2D eigenvalue weighted by Gasteiger charge is 2.52. The molecule has 0 saturated carbocycles. The fraction of sp³-hybridized carbons (Fsp3) is 0.881. The van der Waals surface area contributed by atoms with Crippen LogP contribution in [0.4, 0.5) is 0 Å². The lowest BCUT2D eigenvalue weighted by Crippen LogP contribution is -2.59. The van der Waals surface area contributed by atoms with Gasteiger partial charge in [-0.1, -0.05) is 32.8 Å². The van der Waals surface area contributed by atoms with Crippen LogP contribution >= 0.6 is 0 Å². The van der Waals surface area contributed by atoms with Gasteiger partial charge < -0.3 is 53.7 Å². The zero-order valence-corrected chi connectivity index (χ0v) is 35.8. The summed E-state index contributed by atoms with van der Waals surface area (Å²) < 4.78 is 38.1. The van der Waals surface area contributed by atoms with Gasteiger partial charge in [0.2, 0.25) is 0 Å². The number of aliphatic hydroxyl groups is 4. The first-order valence-corrected chi connectivity index (χ1v) is 20.2. The van der Waals surface area contributed by atoms with Crippen LogP contribution in [0.5, 0.6) is 0 Å². The summed E-state index contributed by atoms with van der Waals surface area (Å²) in [5.41, 5.74) is -4.25. The van der Waals surface area contributed by atoms with E-state index in [1.165, 1.54) is 14.0 Å². The SMILES string of the molecule is C#C/C=C/CN(C)[C@@H]1C[C@H](O[C@@H]2[C@@H](C)[C@H](O[C@@H]3C[C@@](C)(OC)[C@@H](O)[C@H](C)O3)[C@@H](C)C(=O)O[C@H](CC)[C@@](C)(O)[C@H](O)[C@@H](C)N(C)C[C@H](C)C[C@@]2(C)O)O[C@H](C)C1. The Labute approximate surface area is 331 Å². The minimum atomic E-state index is -1.78. The first-order chi connectivity index (χ1) is 25.5. The van der Waals surface area contributed by atoms with E-state index in [1.54, 1.807) is 40.7 Å². The standard InChI is InChI=1S/C42H74N2O11/c1-15-17-18-19-43(12)31-20-26(4)51-33(21-31)55-38-27(5)35(54-34-23-41(10,50-14)37(46)30(8)52-34)28(6)39(47)53-32(16-2)42(11,49)36(45)29(7)44(13)24-25(3)22-40(38,9)48/h1,17-18,25-38,45-46,48-49H,16,19-24H2,2-14H3/b18-17+/t25-,26-,27+,28-,29-,30+,31+,32-,33+,34-,35+,36-,37+,38-,40-,41-,42-/m1/s1. The Bertz CT molecular complexity index is 1290. The first-order valence-electron chi connectivity index (χ1n) is 20.2. The number of carbonyl (C=O) groups excluding carboxylic acids is 1. The van der Waals surface area contributed by atoms with Gasteiger partial charge in [0.1, 0.15) is 23.9 Å². The number of ether oxygens (including phenoxy) is 6. The van der Waals surface area contributed by atoms with Gasteiger partial charge in [-0.05, 0) is 93.8 Å². The Morgan fingerprint density at radius 1 is 1.00 bits per heavy atom. The Morgan fingerprint density at radius 3 is 2.25 bits per heavy atom. The number of likely N-dealkylation sites (N-methyl/N-ethyl adjacent to an activating group) is 2. The second-order valence-electron chi connectivity index (χ2n) is 17.6. The lowest BCUT2D eigenvalue weighted by Gasteiger charge is -2.48. The van der Waals surface area contributed by atoms with E-state index in [9.17, 15) is 25.2 Å². The molecule has 0 aromatic heterocycles. The molecule has 0 aromatic carbocycles. The molecule has 0 unspecified atom stereocenters. The quantitative estimate of drug-likeness (QED) is 0.199. The average Bonchev–Trinajstić information content (AvgIpc) is 3.11. The molecule has 318 valence electrons. The van der Waals surface area contributed by atoms with Gasteiger partial charge in [0.15, 0.2) is 12.6 Å². The lowest BCUT2D eigenvalue weighted by molar-refractivity contribution is -0.308. The van der Waals surface area contributed by atoms with Crippen molar-refractivity contribution in [1.82, 2.24) is 9.80 Å². The summed E-state index contributed by atoms with van der Waals surface area (Å²) in [6.45, 7) is 19.1. The maximum atomic E-state index is 14.3. The van der Waals surface area contributed by atoms with Crippen molar-refractivity contribution in [2.75, 3.05) is 34.3 Å². The molecule has 0 aliphatic carbocycles. The Balaban J connectivity index is 2.14. The number of hydrogen-bond donors (Lipinski definition) is 4. The molecule has 0 bridgehead atoms. The van der Waals surface area contributed by atoms with Crippen molar-refractivity contribution >= 4 is 5.97 Å². The van der Waals surface area contributed by atoms with Crippen molar-refractivity contribution in [1.29, 1.82) is 0 Å². The highest BCUT2D eigenvalue weighted by Crippen LogP contribution is 2.40. The smallest absolute Gasteiger partial charge is 0.311 e. The van der Waals surface area contributed by atoms with Crippen LogP contribution in [0, 0.1) is 30.1 Å². The zero-order valence-electron chi connectivity index (χ0n) is 35.8. The number of terminal acetylenes is 1. The van der Waals surface area contributed by atoms with E-state index in [2.05, 4.69) is 10.8 Å². The second kappa shape index (κ2) is 19.9. The molecule has 0 spiro atoms. The summed E-state index contributed by atoms with van der Waals surface area (Å²) >= 11 is 0. The molecule has 3 saturated heterocycles. The zero-order chi connectivity index (χ0) is 41.6. The number of allylic oxidation sites excluding steroid dienone is 1. The number of aliphatic hydroxyl groups excluding tert-OH is 2. The molecule has 13 nitrogen and oxygen atoms in total. The van der Waals surface area contributed by atoms with Gasteiger partial charge in [-0.25, -0.2) is 0 Å². The lowest BCUT2D eigenvalue weighted by atomic mass is 9.77. The molecular formula is C42H74N2O11. The molecule has 13 heteroatoms. The second-order valence-corrected chi connectivity index (χ2v) is 17.6. The van der Waals surface area contributed by atoms with Gasteiger partial charge in [-0.3, -0.25) is 9.69 Å². The molecule has 3 aliphatic rings. The summed E-state index contributed by atoms with van der Waals surface area (Å²) in [5, 5.41) is 46.9. The molecule has 55 heavy (non-hydrogen) atoms. The predicted molar refractivity (Wildman–Crippen MR) is 210 cm³/mol. The van der Waals surface area contributed by atoms with Gasteiger partial charge in [0.25, 0.3) is 0 Å². The molecule has 0 aromatic rings. The van der Waals surface area contributed by atoms with Gasteiger partial charge in [-0.15, -0.1) is 6.42 Å². The van der Waals surface area contributed by atoms with Crippen molar-refractivity contribution in [3.8, 4) is 12.3 Å². The summed E-state index contributed by atoms with van der Waals surface area (Å²) in [6, 6.07) is -0.411. The van der Waals surface area contributed by atoms with Gasteiger partial charge in [-0.2, -0.15) is 0 Å². The third-order valence-corrected chi connectivity index (χ3v) is 12.6. The van der Waals surface area contributed by atoms with E-state index in [-0.39, 0.29) is 30.9 Å². The maximum absolute atomic E-state index is 14.3. The van der Waals surface area contributed by atoms with Crippen molar-refractivity contribution in [3.05, 3.63) is 12.2 Å². The number of methoxy groups -OCH3 is 1. The van der Waals surface area contributed by atoms with Crippen LogP contribution in [0.15, 0.2) is 12.2 Å². The minimum absolute atomic E-state index is 0.0980. The van der Waals surface area contributed by atoms with Gasteiger partial charge >= 0.3 is 5.97 Å².